The Labute approximate surface area is 114 Å². The number of hydrogen-bond acceptors (Lipinski definition) is 3. The van der Waals surface area contributed by atoms with Crippen LogP contribution in [0.1, 0.15) is 19.8 Å². The van der Waals surface area contributed by atoms with Crippen molar-refractivity contribution in [1.82, 2.24) is 4.90 Å². The minimum Gasteiger partial charge on any atom is -0.366 e. The second-order valence-electron chi connectivity index (χ2n) is 5.26. The molecule has 0 radical (unpaired) electrons. The third kappa shape index (κ3) is 3.24. The van der Waals surface area contributed by atoms with Crippen LogP contribution in [0.3, 0.4) is 0 Å². The summed E-state index contributed by atoms with van der Waals surface area (Å²) in [6.07, 6.45) is 1.55. The number of nitriles is 1. The fourth-order valence-electron chi connectivity index (χ4n) is 2.59. The lowest BCUT2D eigenvalue weighted by Crippen LogP contribution is -2.40. The van der Waals surface area contributed by atoms with E-state index in [1.54, 1.807) is 12.1 Å². The largest absolute Gasteiger partial charge is 0.366 e. The van der Waals surface area contributed by atoms with Crippen LogP contribution in [0.15, 0.2) is 24.3 Å². The van der Waals surface area contributed by atoms with Crippen molar-refractivity contribution in [3.8, 4) is 6.07 Å². The van der Waals surface area contributed by atoms with Crippen molar-refractivity contribution in [2.45, 2.75) is 31.8 Å². The summed E-state index contributed by atoms with van der Waals surface area (Å²) in [4.78, 5) is 4.54. The van der Waals surface area contributed by atoms with Gasteiger partial charge < -0.3 is 9.80 Å². The zero-order valence-electron chi connectivity index (χ0n) is 11.5. The fraction of sp³-hybridized carbons (Fsp3) is 0.533. The summed E-state index contributed by atoms with van der Waals surface area (Å²) in [6.45, 7) is 3.98. The Kier molecular flexibility index (Phi) is 4.39. The second-order valence-corrected chi connectivity index (χ2v) is 5.26. The van der Waals surface area contributed by atoms with E-state index in [9.17, 15) is 4.39 Å². The molecule has 0 N–H and O–H groups in total. The van der Waals surface area contributed by atoms with Crippen LogP contribution in [0.2, 0.25) is 0 Å². The maximum atomic E-state index is 13.0. The lowest BCUT2D eigenvalue weighted by Gasteiger charge is -2.31. The van der Waals surface area contributed by atoms with Gasteiger partial charge in [0.1, 0.15) is 5.82 Å². The molecule has 19 heavy (non-hydrogen) atoms. The fourth-order valence-corrected chi connectivity index (χ4v) is 2.59. The Morgan fingerprint density at radius 1 is 1.37 bits per heavy atom. The van der Waals surface area contributed by atoms with Gasteiger partial charge >= 0.3 is 0 Å². The van der Waals surface area contributed by atoms with E-state index in [2.05, 4.69) is 29.8 Å². The van der Waals surface area contributed by atoms with E-state index in [4.69, 9.17) is 5.26 Å². The number of benzene rings is 1. The Balaban J connectivity index is 2.24. The SMILES string of the molecule is CC1CCN(c2ccc(F)cc2)C(CC#N)CN1C. The van der Waals surface area contributed by atoms with Gasteiger partial charge in [-0.1, -0.05) is 0 Å². The second kappa shape index (κ2) is 6.03. The summed E-state index contributed by atoms with van der Waals surface area (Å²) < 4.78 is 13.0. The highest BCUT2D eigenvalue weighted by atomic mass is 19.1. The number of nitrogens with zero attached hydrogens (tertiary/aromatic N) is 3. The first-order valence-corrected chi connectivity index (χ1v) is 6.71. The van der Waals surface area contributed by atoms with Crippen LogP contribution in [0.4, 0.5) is 10.1 Å². The monoisotopic (exact) mass is 261 g/mol. The molecule has 0 bridgehead atoms. The maximum Gasteiger partial charge on any atom is 0.123 e. The van der Waals surface area contributed by atoms with Crippen molar-refractivity contribution < 1.29 is 4.39 Å². The Hall–Kier alpha value is -1.60. The van der Waals surface area contributed by atoms with Crippen molar-refractivity contribution in [2.24, 2.45) is 0 Å². The van der Waals surface area contributed by atoms with Gasteiger partial charge in [-0.05, 0) is 44.7 Å². The van der Waals surface area contributed by atoms with E-state index in [1.165, 1.54) is 12.1 Å². The summed E-state index contributed by atoms with van der Waals surface area (Å²) in [7, 11) is 2.10. The Morgan fingerprint density at radius 2 is 2.05 bits per heavy atom. The minimum atomic E-state index is -0.221. The van der Waals surface area contributed by atoms with Gasteiger partial charge in [-0.25, -0.2) is 4.39 Å². The third-order valence-electron chi connectivity index (χ3n) is 3.96. The zero-order chi connectivity index (χ0) is 13.8. The normalized spacial score (nSPS) is 24.8. The molecule has 1 aliphatic rings. The molecule has 1 aromatic rings. The Morgan fingerprint density at radius 3 is 2.68 bits per heavy atom. The van der Waals surface area contributed by atoms with Gasteiger partial charge in [0.15, 0.2) is 0 Å². The quantitative estimate of drug-likeness (QED) is 0.820. The van der Waals surface area contributed by atoms with Crippen LogP contribution < -0.4 is 4.90 Å². The molecular formula is C15H20FN3. The lowest BCUT2D eigenvalue weighted by atomic mass is 10.1. The summed E-state index contributed by atoms with van der Waals surface area (Å²) in [5.74, 6) is -0.221. The van der Waals surface area contributed by atoms with Gasteiger partial charge in [0.25, 0.3) is 0 Å². The molecule has 1 saturated heterocycles. The molecule has 1 heterocycles. The first-order valence-electron chi connectivity index (χ1n) is 6.71. The number of hydrogen-bond donors (Lipinski definition) is 0. The maximum absolute atomic E-state index is 13.0. The molecule has 0 aliphatic carbocycles. The van der Waals surface area contributed by atoms with Crippen molar-refractivity contribution in [3.63, 3.8) is 0 Å². The van der Waals surface area contributed by atoms with Crippen LogP contribution in [0, 0.1) is 17.1 Å². The first kappa shape index (κ1) is 13.8. The van der Waals surface area contributed by atoms with Gasteiger partial charge in [0, 0.05) is 24.8 Å². The highest BCUT2D eigenvalue weighted by molar-refractivity contribution is 5.48. The van der Waals surface area contributed by atoms with Crippen LogP contribution in [0.25, 0.3) is 0 Å². The number of halogens is 1. The number of anilines is 1. The van der Waals surface area contributed by atoms with Gasteiger partial charge in [-0.2, -0.15) is 5.26 Å². The molecule has 4 heteroatoms. The zero-order valence-corrected chi connectivity index (χ0v) is 11.5. The summed E-state index contributed by atoms with van der Waals surface area (Å²) in [5.41, 5.74) is 1.00. The molecule has 0 amide bonds. The molecule has 1 aromatic carbocycles. The van der Waals surface area contributed by atoms with Crippen LogP contribution in [-0.4, -0.2) is 37.1 Å². The average Bonchev–Trinajstić information content (AvgIpc) is 2.52. The summed E-state index contributed by atoms with van der Waals surface area (Å²) in [5, 5.41) is 9.02. The van der Waals surface area contributed by atoms with E-state index in [-0.39, 0.29) is 11.9 Å². The molecule has 0 saturated carbocycles. The number of rotatable bonds is 2. The van der Waals surface area contributed by atoms with E-state index in [1.807, 2.05) is 0 Å². The molecular weight excluding hydrogens is 241 g/mol. The lowest BCUT2D eigenvalue weighted by molar-refractivity contribution is 0.255. The van der Waals surface area contributed by atoms with E-state index >= 15 is 0 Å². The molecule has 2 rings (SSSR count). The van der Waals surface area contributed by atoms with Crippen molar-refractivity contribution in [3.05, 3.63) is 30.1 Å². The molecule has 1 fully saturated rings. The molecule has 0 aromatic heterocycles. The topological polar surface area (TPSA) is 30.3 Å². The third-order valence-corrected chi connectivity index (χ3v) is 3.96. The highest BCUT2D eigenvalue weighted by Crippen LogP contribution is 2.23. The predicted molar refractivity (Wildman–Crippen MR) is 74.5 cm³/mol. The van der Waals surface area contributed by atoms with E-state index < -0.39 is 0 Å². The van der Waals surface area contributed by atoms with Gasteiger partial charge in [-0.15, -0.1) is 0 Å². The highest BCUT2D eigenvalue weighted by Gasteiger charge is 2.26. The van der Waals surface area contributed by atoms with Crippen molar-refractivity contribution >= 4 is 5.69 Å². The predicted octanol–water partition coefficient (Wildman–Crippen LogP) is 2.64. The molecule has 102 valence electrons. The van der Waals surface area contributed by atoms with Crippen molar-refractivity contribution in [1.29, 1.82) is 5.26 Å². The van der Waals surface area contributed by atoms with Gasteiger partial charge in [0.2, 0.25) is 0 Å². The molecule has 2 unspecified atom stereocenters. The summed E-state index contributed by atoms with van der Waals surface area (Å²) >= 11 is 0. The molecule has 2 atom stereocenters. The molecule has 0 spiro atoms. The van der Waals surface area contributed by atoms with Gasteiger partial charge in [0.05, 0.1) is 18.5 Å². The van der Waals surface area contributed by atoms with E-state index in [0.29, 0.717) is 12.5 Å². The standard InChI is InChI=1S/C15H20FN3/c1-12-8-10-19(14-5-3-13(16)4-6-14)15(7-9-17)11-18(12)2/h3-6,12,15H,7-8,10-11H2,1-2H3. The van der Waals surface area contributed by atoms with Crippen LogP contribution in [0.5, 0.6) is 0 Å². The van der Waals surface area contributed by atoms with E-state index in [0.717, 1.165) is 25.2 Å². The van der Waals surface area contributed by atoms with Crippen molar-refractivity contribution in [2.75, 3.05) is 25.0 Å². The average molecular weight is 261 g/mol. The van der Waals surface area contributed by atoms with Crippen LogP contribution in [-0.2, 0) is 0 Å². The Bertz CT molecular complexity index is 451. The number of likely N-dealkylation sites (N-methyl/N-ethyl adjacent to an activating group) is 1. The van der Waals surface area contributed by atoms with Crippen LogP contribution >= 0.6 is 0 Å². The van der Waals surface area contributed by atoms with Gasteiger partial charge in [-0.3, -0.25) is 0 Å². The molecule has 1 aliphatic heterocycles. The first-order chi connectivity index (χ1) is 9.11. The smallest absolute Gasteiger partial charge is 0.123 e. The molecule has 3 nitrogen and oxygen atoms in total. The minimum absolute atomic E-state index is 0.172. The summed E-state index contributed by atoms with van der Waals surface area (Å²) in [6, 6.07) is 9.52.